The van der Waals surface area contributed by atoms with Crippen LogP contribution in [0.5, 0.6) is 0 Å². The van der Waals surface area contributed by atoms with E-state index in [-0.39, 0.29) is 12.4 Å². The number of carbonyl (C=O) groups is 1. The zero-order valence-electron chi connectivity index (χ0n) is 7.76. The molecule has 0 bridgehead atoms. The van der Waals surface area contributed by atoms with Gasteiger partial charge in [0.25, 0.3) is 0 Å². The Labute approximate surface area is 80.1 Å². The lowest BCUT2D eigenvalue weighted by molar-refractivity contribution is -0.836. The second-order valence-electron chi connectivity index (χ2n) is 2.31. The quantitative estimate of drug-likeness (QED) is 0.282. The van der Waals surface area contributed by atoms with E-state index in [0.29, 0.717) is 0 Å². The minimum Gasteiger partial charge on any atom is -1.00 e. The van der Waals surface area contributed by atoms with Crippen LogP contribution in [0.1, 0.15) is 0 Å². The molecule has 0 fully saturated rings. The number of quaternary nitrogens is 1. The molecule has 0 saturated heterocycles. The first-order chi connectivity index (χ1) is 5.04. The van der Waals surface area contributed by atoms with Crippen LogP contribution in [0.3, 0.4) is 0 Å². The van der Waals surface area contributed by atoms with E-state index < -0.39 is 5.97 Å². The Morgan fingerprint density at radius 2 is 1.67 bits per heavy atom. The predicted octanol–water partition coefficient (Wildman–Crippen LogP) is -3.38. The van der Waals surface area contributed by atoms with Gasteiger partial charge < -0.3 is 22.0 Å². The van der Waals surface area contributed by atoms with Crippen LogP contribution in [-0.4, -0.2) is 27.1 Å². The Bertz CT molecular complexity index is 132. The first-order valence-electron chi connectivity index (χ1n) is 3.25. The van der Waals surface area contributed by atoms with E-state index in [9.17, 15) is 4.79 Å². The smallest absolute Gasteiger partial charge is 0.334 e. The highest BCUT2D eigenvalue weighted by Crippen LogP contribution is 1.75. The van der Waals surface area contributed by atoms with Crippen molar-refractivity contribution >= 4 is 5.97 Å². The SMILES string of the molecule is C=COC(=O)C=C.C[NH+](C)C.[Cl-]. The molecule has 0 aliphatic carbocycles. The van der Waals surface area contributed by atoms with Gasteiger partial charge in [0, 0.05) is 6.08 Å². The predicted molar refractivity (Wildman–Crippen MR) is 45.2 cm³/mol. The minimum absolute atomic E-state index is 0. The molecule has 0 amide bonds. The summed E-state index contributed by atoms with van der Waals surface area (Å²) in [6, 6.07) is 0. The Kier molecular flexibility index (Phi) is 18.5. The number of rotatable bonds is 2. The second kappa shape index (κ2) is 12.8. The summed E-state index contributed by atoms with van der Waals surface area (Å²) >= 11 is 0. The van der Waals surface area contributed by atoms with Crippen molar-refractivity contribution in [2.45, 2.75) is 0 Å². The van der Waals surface area contributed by atoms with E-state index in [1.807, 2.05) is 0 Å². The lowest BCUT2D eigenvalue weighted by Gasteiger charge is -1.88. The van der Waals surface area contributed by atoms with Crippen LogP contribution in [-0.2, 0) is 9.53 Å². The average Bonchev–Trinajstić information content (AvgIpc) is 1.87. The fourth-order valence-electron chi connectivity index (χ4n) is 0.130. The molecule has 0 aliphatic heterocycles. The van der Waals surface area contributed by atoms with Crippen LogP contribution < -0.4 is 17.3 Å². The van der Waals surface area contributed by atoms with Crippen molar-refractivity contribution in [2.75, 3.05) is 21.1 Å². The molecule has 1 N–H and O–H groups in total. The number of halogens is 1. The largest absolute Gasteiger partial charge is 1.00 e. The molecule has 0 spiro atoms. The summed E-state index contributed by atoms with van der Waals surface area (Å²) in [5.41, 5.74) is 0. The molecule has 3 nitrogen and oxygen atoms in total. The molecule has 0 atom stereocenters. The fourth-order valence-corrected chi connectivity index (χ4v) is 0.130. The third kappa shape index (κ3) is 35.1. The summed E-state index contributed by atoms with van der Waals surface area (Å²) in [5, 5.41) is 0. The van der Waals surface area contributed by atoms with Gasteiger partial charge in [-0.1, -0.05) is 13.2 Å². The zero-order valence-corrected chi connectivity index (χ0v) is 8.52. The van der Waals surface area contributed by atoms with E-state index >= 15 is 0 Å². The number of hydrogen-bond acceptors (Lipinski definition) is 2. The van der Waals surface area contributed by atoms with Crippen molar-refractivity contribution in [3.8, 4) is 0 Å². The number of nitrogens with one attached hydrogen (secondary N) is 1. The van der Waals surface area contributed by atoms with E-state index in [0.717, 1.165) is 12.3 Å². The van der Waals surface area contributed by atoms with E-state index in [4.69, 9.17) is 0 Å². The summed E-state index contributed by atoms with van der Waals surface area (Å²) < 4.78 is 4.20. The Morgan fingerprint density at radius 1 is 1.33 bits per heavy atom. The standard InChI is InChI=1S/C5H6O2.C3H9N.ClH/c1-3-5(6)7-4-2;1-4(2)3;/h3-4H,1-2H2;1-3H3;1H. The maximum Gasteiger partial charge on any atom is 0.334 e. The summed E-state index contributed by atoms with van der Waals surface area (Å²) in [6.45, 7) is 6.31. The van der Waals surface area contributed by atoms with Gasteiger partial charge in [-0.15, -0.1) is 0 Å². The maximum atomic E-state index is 10.0. The first kappa shape index (κ1) is 17.3. The Morgan fingerprint density at radius 3 is 1.75 bits per heavy atom. The van der Waals surface area contributed by atoms with Crippen molar-refractivity contribution in [2.24, 2.45) is 0 Å². The third-order valence-corrected chi connectivity index (χ3v) is 0.366. The van der Waals surface area contributed by atoms with Gasteiger partial charge in [0.15, 0.2) is 0 Å². The molecule has 0 aliphatic rings. The summed E-state index contributed by atoms with van der Waals surface area (Å²) in [5.74, 6) is -0.477. The summed E-state index contributed by atoms with van der Waals surface area (Å²) in [6.07, 6.45) is 2.13. The number of esters is 1. The lowest BCUT2D eigenvalue weighted by Crippen LogP contribution is -3.02. The molecule has 0 aromatic heterocycles. The average molecular weight is 194 g/mol. The van der Waals surface area contributed by atoms with E-state index in [2.05, 4.69) is 39.0 Å². The Hall–Kier alpha value is -0.800. The molecule has 12 heavy (non-hydrogen) atoms. The van der Waals surface area contributed by atoms with Crippen LogP contribution in [0.4, 0.5) is 0 Å². The van der Waals surface area contributed by atoms with Crippen LogP contribution in [0.15, 0.2) is 25.5 Å². The van der Waals surface area contributed by atoms with Gasteiger partial charge >= 0.3 is 5.97 Å². The molecule has 0 radical (unpaired) electrons. The van der Waals surface area contributed by atoms with Gasteiger partial charge in [-0.2, -0.15) is 0 Å². The second-order valence-corrected chi connectivity index (χ2v) is 2.31. The minimum atomic E-state index is -0.477. The molecule has 0 unspecified atom stereocenters. The molecular weight excluding hydrogens is 178 g/mol. The maximum absolute atomic E-state index is 10.0. The monoisotopic (exact) mass is 193 g/mol. The number of carbonyl (C=O) groups excluding carboxylic acids is 1. The van der Waals surface area contributed by atoms with Crippen LogP contribution in [0, 0.1) is 0 Å². The van der Waals surface area contributed by atoms with Crippen LogP contribution >= 0.6 is 0 Å². The van der Waals surface area contributed by atoms with E-state index in [1.165, 1.54) is 4.90 Å². The van der Waals surface area contributed by atoms with Crippen molar-refractivity contribution < 1.29 is 26.8 Å². The zero-order chi connectivity index (χ0) is 9.28. The summed E-state index contributed by atoms with van der Waals surface area (Å²) in [4.78, 5) is 11.4. The highest BCUT2D eigenvalue weighted by molar-refractivity contribution is 5.81. The van der Waals surface area contributed by atoms with Gasteiger partial charge in [0.05, 0.1) is 27.4 Å². The van der Waals surface area contributed by atoms with Crippen molar-refractivity contribution in [3.63, 3.8) is 0 Å². The molecule has 0 saturated carbocycles. The normalized spacial score (nSPS) is 7.00. The lowest BCUT2D eigenvalue weighted by atomic mass is 10.7. The molecular formula is C8H16ClNO2. The van der Waals surface area contributed by atoms with Gasteiger partial charge in [0.2, 0.25) is 0 Å². The highest BCUT2D eigenvalue weighted by Gasteiger charge is 1.84. The Balaban J connectivity index is -0.000000142. The molecule has 72 valence electrons. The highest BCUT2D eigenvalue weighted by atomic mass is 35.5. The van der Waals surface area contributed by atoms with Gasteiger partial charge in [0.1, 0.15) is 0 Å². The van der Waals surface area contributed by atoms with Crippen LogP contribution in [0.25, 0.3) is 0 Å². The number of ether oxygens (including phenoxy) is 1. The molecule has 0 heterocycles. The third-order valence-electron chi connectivity index (χ3n) is 0.366. The van der Waals surface area contributed by atoms with Gasteiger partial charge in [-0.05, 0) is 0 Å². The fraction of sp³-hybridized carbons (Fsp3) is 0.375. The molecule has 0 aromatic carbocycles. The number of hydrogen-bond donors (Lipinski definition) is 1. The van der Waals surface area contributed by atoms with Gasteiger partial charge in [-0.25, -0.2) is 4.79 Å². The van der Waals surface area contributed by atoms with Crippen molar-refractivity contribution in [3.05, 3.63) is 25.5 Å². The van der Waals surface area contributed by atoms with Crippen molar-refractivity contribution in [1.82, 2.24) is 0 Å². The summed E-state index contributed by atoms with van der Waals surface area (Å²) in [7, 11) is 6.25. The van der Waals surface area contributed by atoms with E-state index in [1.54, 1.807) is 0 Å². The molecule has 0 rings (SSSR count). The topological polar surface area (TPSA) is 30.7 Å². The van der Waals surface area contributed by atoms with Gasteiger partial charge in [-0.3, -0.25) is 0 Å². The first-order valence-corrected chi connectivity index (χ1v) is 3.25. The molecule has 0 aromatic rings. The van der Waals surface area contributed by atoms with Crippen molar-refractivity contribution in [1.29, 1.82) is 0 Å². The van der Waals surface area contributed by atoms with Crippen LogP contribution in [0.2, 0.25) is 0 Å². The molecule has 4 heteroatoms.